The Morgan fingerprint density at radius 2 is 2.16 bits per heavy atom. The molecule has 0 amide bonds. The lowest BCUT2D eigenvalue weighted by Gasteiger charge is -2.31. The number of benzene rings is 1. The Bertz CT molecular complexity index is 532. The number of morpholine rings is 1. The van der Waals surface area contributed by atoms with Gasteiger partial charge in [0.1, 0.15) is 0 Å². The summed E-state index contributed by atoms with van der Waals surface area (Å²) in [5.41, 5.74) is 6.83. The summed E-state index contributed by atoms with van der Waals surface area (Å²) in [6.07, 6.45) is -0.448. The molecule has 0 radical (unpaired) electrons. The lowest BCUT2D eigenvalue weighted by Crippen LogP contribution is -2.47. The molecule has 0 spiro atoms. The van der Waals surface area contributed by atoms with Crippen LogP contribution in [-0.2, 0) is 20.5 Å². The molecule has 1 aliphatic heterocycles. The third kappa shape index (κ3) is 3.44. The van der Waals surface area contributed by atoms with Crippen LogP contribution in [0.3, 0.4) is 0 Å². The van der Waals surface area contributed by atoms with Crippen molar-refractivity contribution in [2.24, 2.45) is 0 Å². The van der Waals surface area contributed by atoms with E-state index in [9.17, 15) is 8.42 Å². The summed E-state index contributed by atoms with van der Waals surface area (Å²) in [5, 5.41) is 9.04. The monoisotopic (exact) mass is 286 g/mol. The molecule has 6 nitrogen and oxygen atoms in total. The van der Waals surface area contributed by atoms with Gasteiger partial charge in [-0.15, -0.1) is 0 Å². The molecule has 1 atom stereocenters. The average Bonchev–Trinajstić information content (AvgIpc) is 2.41. The summed E-state index contributed by atoms with van der Waals surface area (Å²) < 4.78 is 31.2. The number of hydrogen-bond acceptors (Lipinski definition) is 5. The maximum atomic E-state index is 12.3. The van der Waals surface area contributed by atoms with Crippen molar-refractivity contribution in [2.75, 3.05) is 32.0 Å². The highest BCUT2D eigenvalue weighted by Crippen LogP contribution is 2.18. The van der Waals surface area contributed by atoms with Gasteiger partial charge in [-0.25, -0.2) is 8.42 Å². The second-order valence-corrected chi connectivity index (χ2v) is 6.46. The van der Waals surface area contributed by atoms with E-state index < -0.39 is 16.1 Å². The van der Waals surface area contributed by atoms with Crippen LogP contribution in [0.15, 0.2) is 24.3 Å². The Balaban J connectivity index is 2.12. The molecule has 1 aromatic rings. The number of hydrogen-bond donors (Lipinski definition) is 2. The maximum Gasteiger partial charge on any atom is 0.218 e. The SMILES string of the molecule is Nc1ccccc1CS(=O)(=O)N1CCOC(CO)C1. The van der Waals surface area contributed by atoms with Crippen LogP contribution in [0.5, 0.6) is 0 Å². The lowest BCUT2D eigenvalue weighted by molar-refractivity contribution is -0.0305. The van der Waals surface area contributed by atoms with E-state index in [-0.39, 0.29) is 18.9 Å². The van der Waals surface area contributed by atoms with Crippen LogP contribution in [0.25, 0.3) is 0 Å². The molecule has 0 saturated carbocycles. The Kier molecular flexibility index (Phi) is 4.41. The highest BCUT2D eigenvalue weighted by atomic mass is 32.2. The highest BCUT2D eigenvalue weighted by molar-refractivity contribution is 7.88. The highest BCUT2D eigenvalue weighted by Gasteiger charge is 2.29. The maximum absolute atomic E-state index is 12.3. The smallest absolute Gasteiger partial charge is 0.218 e. The number of sulfonamides is 1. The van der Waals surface area contributed by atoms with Crippen molar-refractivity contribution in [3.63, 3.8) is 0 Å². The quantitative estimate of drug-likeness (QED) is 0.747. The Hall–Kier alpha value is -1.15. The summed E-state index contributed by atoms with van der Waals surface area (Å²) in [6, 6.07) is 6.91. The first-order chi connectivity index (χ1) is 9.03. The van der Waals surface area contributed by atoms with Gasteiger partial charge >= 0.3 is 0 Å². The summed E-state index contributed by atoms with van der Waals surface area (Å²) in [4.78, 5) is 0. The molecule has 7 heteroatoms. The van der Waals surface area contributed by atoms with Gasteiger partial charge < -0.3 is 15.6 Å². The van der Waals surface area contributed by atoms with Gasteiger partial charge in [0, 0.05) is 18.8 Å². The van der Waals surface area contributed by atoms with Crippen LogP contribution in [0.4, 0.5) is 5.69 Å². The van der Waals surface area contributed by atoms with E-state index in [0.717, 1.165) is 0 Å². The van der Waals surface area contributed by atoms with Crippen LogP contribution >= 0.6 is 0 Å². The van der Waals surface area contributed by atoms with Crippen molar-refractivity contribution >= 4 is 15.7 Å². The van der Waals surface area contributed by atoms with E-state index in [4.69, 9.17) is 15.6 Å². The third-order valence-electron chi connectivity index (χ3n) is 3.09. The number of aliphatic hydroxyl groups is 1. The second-order valence-electron chi connectivity index (χ2n) is 4.49. The largest absolute Gasteiger partial charge is 0.398 e. The zero-order valence-electron chi connectivity index (χ0n) is 10.5. The normalized spacial score (nSPS) is 21.4. The van der Waals surface area contributed by atoms with E-state index in [1.54, 1.807) is 24.3 Å². The van der Waals surface area contributed by atoms with Gasteiger partial charge in [-0.2, -0.15) is 4.31 Å². The van der Waals surface area contributed by atoms with Crippen molar-refractivity contribution < 1.29 is 18.3 Å². The third-order valence-corrected chi connectivity index (χ3v) is 4.89. The van der Waals surface area contributed by atoms with E-state index in [1.807, 2.05) is 0 Å². The minimum atomic E-state index is -3.44. The zero-order chi connectivity index (χ0) is 13.9. The Morgan fingerprint density at radius 1 is 1.42 bits per heavy atom. The molecule has 0 aromatic heterocycles. The summed E-state index contributed by atoms with van der Waals surface area (Å²) in [7, 11) is -3.44. The first-order valence-corrected chi connectivity index (χ1v) is 7.67. The van der Waals surface area contributed by atoms with E-state index >= 15 is 0 Å². The predicted molar refractivity (Wildman–Crippen MR) is 71.9 cm³/mol. The van der Waals surface area contributed by atoms with Gasteiger partial charge in [-0.3, -0.25) is 0 Å². The molecule has 0 bridgehead atoms. The fourth-order valence-electron chi connectivity index (χ4n) is 2.01. The number of para-hydroxylation sites is 1. The van der Waals surface area contributed by atoms with E-state index in [1.165, 1.54) is 4.31 Å². The molecular weight excluding hydrogens is 268 g/mol. The number of nitrogens with zero attached hydrogens (tertiary/aromatic N) is 1. The standard InChI is InChI=1S/C12H18N2O4S/c13-12-4-2-1-3-10(12)9-19(16,17)14-5-6-18-11(7-14)8-15/h1-4,11,15H,5-9,13H2. The molecule has 3 N–H and O–H groups in total. The number of anilines is 1. The topological polar surface area (TPSA) is 92.9 Å². The van der Waals surface area contributed by atoms with Crippen LogP contribution < -0.4 is 5.73 Å². The molecule has 106 valence electrons. The van der Waals surface area contributed by atoms with Crippen LogP contribution in [0, 0.1) is 0 Å². The molecule has 1 fully saturated rings. The molecule has 1 aliphatic rings. The summed E-state index contributed by atoms with van der Waals surface area (Å²) >= 11 is 0. The van der Waals surface area contributed by atoms with Gasteiger partial charge in [0.05, 0.1) is 25.1 Å². The number of rotatable bonds is 4. The zero-order valence-corrected chi connectivity index (χ0v) is 11.3. The van der Waals surface area contributed by atoms with Crippen LogP contribution in [-0.4, -0.2) is 50.2 Å². The molecule has 1 aromatic carbocycles. The minimum absolute atomic E-state index is 0.127. The van der Waals surface area contributed by atoms with Gasteiger partial charge in [0.25, 0.3) is 0 Å². The molecule has 1 heterocycles. The average molecular weight is 286 g/mol. The molecule has 1 saturated heterocycles. The van der Waals surface area contributed by atoms with Crippen molar-refractivity contribution in [3.8, 4) is 0 Å². The minimum Gasteiger partial charge on any atom is -0.398 e. The molecule has 0 aliphatic carbocycles. The predicted octanol–water partition coefficient (Wildman–Crippen LogP) is -0.208. The summed E-state index contributed by atoms with van der Waals surface area (Å²) in [5.74, 6) is -0.127. The van der Waals surface area contributed by atoms with E-state index in [2.05, 4.69) is 0 Å². The Morgan fingerprint density at radius 3 is 2.84 bits per heavy atom. The van der Waals surface area contributed by atoms with Crippen molar-refractivity contribution in [1.29, 1.82) is 0 Å². The summed E-state index contributed by atoms with van der Waals surface area (Å²) in [6.45, 7) is 0.616. The number of aliphatic hydroxyl groups excluding tert-OH is 1. The molecule has 2 rings (SSSR count). The van der Waals surface area contributed by atoms with Gasteiger partial charge in [0.2, 0.25) is 10.0 Å². The van der Waals surface area contributed by atoms with Crippen LogP contribution in [0.1, 0.15) is 5.56 Å². The first kappa shape index (κ1) is 14.3. The van der Waals surface area contributed by atoms with Crippen LogP contribution in [0.2, 0.25) is 0 Å². The van der Waals surface area contributed by atoms with Gasteiger partial charge in [-0.05, 0) is 11.6 Å². The van der Waals surface area contributed by atoms with Crippen molar-refractivity contribution in [1.82, 2.24) is 4.31 Å². The second kappa shape index (κ2) is 5.87. The number of ether oxygens (including phenoxy) is 1. The fourth-order valence-corrected chi connectivity index (χ4v) is 3.59. The molecular formula is C12H18N2O4S. The molecule has 1 unspecified atom stereocenters. The Labute approximate surface area is 112 Å². The van der Waals surface area contributed by atoms with Crippen molar-refractivity contribution in [2.45, 2.75) is 11.9 Å². The first-order valence-electron chi connectivity index (χ1n) is 6.06. The van der Waals surface area contributed by atoms with E-state index in [0.29, 0.717) is 24.4 Å². The lowest BCUT2D eigenvalue weighted by atomic mass is 10.2. The number of nitrogens with two attached hydrogens (primary N) is 1. The van der Waals surface area contributed by atoms with Gasteiger partial charge in [-0.1, -0.05) is 18.2 Å². The number of nitrogen functional groups attached to an aromatic ring is 1. The fraction of sp³-hybridized carbons (Fsp3) is 0.500. The van der Waals surface area contributed by atoms with Gasteiger partial charge in [0.15, 0.2) is 0 Å². The van der Waals surface area contributed by atoms with Crippen molar-refractivity contribution in [3.05, 3.63) is 29.8 Å². The molecule has 19 heavy (non-hydrogen) atoms.